The van der Waals surface area contributed by atoms with Crippen LogP contribution in [0, 0.1) is 5.41 Å². The third-order valence-corrected chi connectivity index (χ3v) is 2.21. The maximum atomic E-state index is 10.9. The van der Waals surface area contributed by atoms with Crippen LogP contribution in [0.1, 0.15) is 12.8 Å². The Labute approximate surface area is 101 Å². The molecular weight excluding hydrogens is 222 g/mol. The molecule has 0 unspecified atom stereocenters. The van der Waals surface area contributed by atoms with Crippen molar-refractivity contribution in [3.8, 4) is 0 Å². The van der Waals surface area contributed by atoms with Crippen LogP contribution in [0.4, 0.5) is 0 Å². The van der Waals surface area contributed by atoms with Gasteiger partial charge in [-0.2, -0.15) is 0 Å². The molecule has 0 aliphatic rings. The van der Waals surface area contributed by atoms with Gasteiger partial charge in [-0.3, -0.25) is 4.79 Å². The summed E-state index contributed by atoms with van der Waals surface area (Å²) in [4.78, 5) is 10.9. The molecule has 98 valence electrons. The van der Waals surface area contributed by atoms with Gasteiger partial charge in [0, 0.05) is 19.9 Å². The maximum absolute atomic E-state index is 10.9. The second-order valence-electron chi connectivity index (χ2n) is 3.77. The number of rotatable bonds is 10. The lowest BCUT2D eigenvalue weighted by Crippen LogP contribution is -2.51. The van der Waals surface area contributed by atoms with Crippen molar-refractivity contribution in [2.45, 2.75) is 18.4 Å². The van der Waals surface area contributed by atoms with Crippen LogP contribution in [-0.4, -0.2) is 49.6 Å². The number of ether oxygens (including phenoxy) is 1. The molecule has 0 aliphatic carbocycles. The molecule has 0 aromatic heterocycles. The standard InChI is InChI=1S/C11H21N3O3/c1-17-9-11(13,10(15)16)5-3-2-4-7-14-8-6-12/h2-3,6,12,14H,4-5,7-9,13H2,1H3,(H,15,16)/b3-2-,12-6?/t11-/m0/s1. The minimum Gasteiger partial charge on any atom is -0.480 e. The average molecular weight is 243 g/mol. The minimum absolute atomic E-state index is 0.0152. The molecule has 6 heteroatoms. The Balaban J connectivity index is 3.92. The molecule has 5 N–H and O–H groups in total. The zero-order chi connectivity index (χ0) is 13.1. The number of nitrogens with one attached hydrogen (secondary N) is 2. The molecule has 17 heavy (non-hydrogen) atoms. The van der Waals surface area contributed by atoms with Gasteiger partial charge in [-0.05, 0) is 19.4 Å². The van der Waals surface area contributed by atoms with Crippen LogP contribution < -0.4 is 11.1 Å². The normalized spacial score (nSPS) is 14.7. The van der Waals surface area contributed by atoms with Gasteiger partial charge in [0.15, 0.2) is 0 Å². The van der Waals surface area contributed by atoms with Crippen molar-refractivity contribution in [1.82, 2.24) is 5.32 Å². The van der Waals surface area contributed by atoms with Crippen molar-refractivity contribution in [2.24, 2.45) is 5.73 Å². The highest BCUT2D eigenvalue weighted by Crippen LogP contribution is 2.09. The lowest BCUT2D eigenvalue weighted by atomic mass is 9.97. The summed E-state index contributed by atoms with van der Waals surface area (Å²) in [6.45, 7) is 1.28. The van der Waals surface area contributed by atoms with E-state index in [4.69, 9.17) is 21.0 Å². The number of nitrogens with two attached hydrogens (primary N) is 1. The van der Waals surface area contributed by atoms with Crippen LogP contribution in [0.2, 0.25) is 0 Å². The van der Waals surface area contributed by atoms with Gasteiger partial charge in [0.05, 0.1) is 6.61 Å². The van der Waals surface area contributed by atoms with Gasteiger partial charge in [0.1, 0.15) is 5.54 Å². The molecule has 0 bridgehead atoms. The van der Waals surface area contributed by atoms with Crippen molar-refractivity contribution in [2.75, 3.05) is 26.8 Å². The smallest absolute Gasteiger partial charge is 0.326 e. The Morgan fingerprint density at radius 1 is 1.59 bits per heavy atom. The number of carboxylic acid groups (broad SMARTS) is 1. The number of hydrogen-bond acceptors (Lipinski definition) is 5. The molecule has 0 saturated heterocycles. The molecule has 0 aromatic carbocycles. The van der Waals surface area contributed by atoms with Crippen LogP contribution in [0.25, 0.3) is 0 Å². The third kappa shape index (κ3) is 6.83. The highest BCUT2D eigenvalue weighted by Gasteiger charge is 2.32. The molecule has 0 heterocycles. The zero-order valence-electron chi connectivity index (χ0n) is 10.1. The quantitative estimate of drug-likeness (QED) is 0.245. The van der Waals surface area contributed by atoms with Crippen LogP contribution in [0.3, 0.4) is 0 Å². The molecule has 0 rings (SSSR count). The van der Waals surface area contributed by atoms with Gasteiger partial charge < -0.3 is 26.3 Å². The third-order valence-electron chi connectivity index (χ3n) is 2.21. The fraction of sp³-hybridized carbons (Fsp3) is 0.636. The Morgan fingerprint density at radius 3 is 2.82 bits per heavy atom. The van der Waals surface area contributed by atoms with E-state index >= 15 is 0 Å². The van der Waals surface area contributed by atoms with Crippen molar-refractivity contribution < 1.29 is 14.6 Å². The second kappa shape index (κ2) is 8.86. The van der Waals surface area contributed by atoms with Crippen LogP contribution in [-0.2, 0) is 9.53 Å². The van der Waals surface area contributed by atoms with Crippen molar-refractivity contribution >= 4 is 12.2 Å². The number of carboxylic acids is 1. The van der Waals surface area contributed by atoms with E-state index in [0.717, 1.165) is 13.0 Å². The minimum atomic E-state index is -1.35. The van der Waals surface area contributed by atoms with E-state index in [1.54, 1.807) is 6.08 Å². The van der Waals surface area contributed by atoms with Gasteiger partial charge in [-0.25, -0.2) is 0 Å². The molecule has 0 radical (unpaired) electrons. The Kier molecular flexibility index (Phi) is 8.21. The van der Waals surface area contributed by atoms with Gasteiger partial charge in [0.2, 0.25) is 0 Å². The fourth-order valence-electron chi connectivity index (χ4n) is 1.24. The summed E-state index contributed by atoms with van der Waals surface area (Å²) in [5, 5.41) is 18.8. The fourth-order valence-corrected chi connectivity index (χ4v) is 1.24. The van der Waals surface area contributed by atoms with Crippen LogP contribution in [0.5, 0.6) is 0 Å². The zero-order valence-corrected chi connectivity index (χ0v) is 10.1. The molecule has 1 atom stereocenters. The molecule has 6 nitrogen and oxygen atoms in total. The predicted octanol–water partition coefficient (Wildman–Crippen LogP) is -0.00953. The Hall–Kier alpha value is -1.24. The lowest BCUT2D eigenvalue weighted by molar-refractivity contribution is -0.145. The Morgan fingerprint density at radius 2 is 2.29 bits per heavy atom. The van der Waals surface area contributed by atoms with Crippen molar-refractivity contribution in [3.05, 3.63) is 12.2 Å². The molecule has 0 aliphatic heterocycles. The summed E-state index contributed by atoms with van der Waals surface area (Å²) in [6.07, 6.45) is 5.92. The summed E-state index contributed by atoms with van der Waals surface area (Å²) in [5.41, 5.74) is 4.34. The summed E-state index contributed by atoms with van der Waals surface area (Å²) in [6, 6.07) is 0. The summed E-state index contributed by atoms with van der Waals surface area (Å²) >= 11 is 0. The first-order chi connectivity index (χ1) is 8.06. The Bertz CT molecular complexity index is 269. The van der Waals surface area contributed by atoms with Gasteiger partial charge >= 0.3 is 5.97 Å². The van der Waals surface area contributed by atoms with E-state index in [9.17, 15) is 4.79 Å². The molecule has 0 aromatic rings. The maximum Gasteiger partial charge on any atom is 0.326 e. The molecule has 0 fully saturated rings. The first-order valence-electron chi connectivity index (χ1n) is 5.42. The lowest BCUT2D eigenvalue weighted by Gasteiger charge is -2.21. The van der Waals surface area contributed by atoms with Crippen molar-refractivity contribution in [3.63, 3.8) is 0 Å². The predicted molar refractivity (Wildman–Crippen MR) is 66.5 cm³/mol. The SMILES string of the molecule is COC[C@@](N)(C/C=C\CCNCC=N)C(=O)O. The second-order valence-corrected chi connectivity index (χ2v) is 3.77. The van der Waals surface area contributed by atoms with Gasteiger partial charge in [0.25, 0.3) is 0 Å². The summed E-state index contributed by atoms with van der Waals surface area (Å²) < 4.78 is 4.80. The van der Waals surface area contributed by atoms with E-state index in [0.29, 0.717) is 6.54 Å². The molecule has 0 saturated carbocycles. The van der Waals surface area contributed by atoms with Crippen LogP contribution >= 0.6 is 0 Å². The molecule has 0 spiro atoms. The largest absolute Gasteiger partial charge is 0.480 e. The number of aliphatic carboxylic acids is 1. The molecular formula is C11H21N3O3. The van der Waals surface area contributed by atoms with E-state index in [2.05, 4.69) is 5.32 Å². The molecule has 0 amide bonds. The van der Waals surface area contributed by atoms with Gasteiger partial charge in [-0.15, -0.1) is 0 Å². The van der Waals surface area contributed by atoms with E-state index in [1.807, 2.05) is 6.08 Å². The topological polar surface area (TPSA) is 108 Å². The average Bonchev–Trinajstić information content (AvgIpc) is 2.28. The number of carbonyl (C=O) groups is 1. The van der Waals surface area contributed by atoms with E-state index < -0.39 is 11.5 Å². The number of hydrogen-bond donors (Lipinski definition) is 4. The monoisotopic (exact) mass is 243 g/mol. The van der Waals surface area contributed by atoms with Crippen LogP contribution in [0.15, 0.2) is 12.2 Å². The van der Waals surface area contributed by atoms with Crippen molar-refractivity contribution in [1.29, 1.82) is 5.41 Å². The summed E-state index contributed by atoms with van der Waals surface area (Å²) in [5.74, 6) is -1.06. The first kappa shape index (κ1) is 15.8. The first-order valence-corrected chi connectivity index (χ1v) is 5.42. The van der Waals surface area contributed by atoms with Gasteiger partial charge in [-0.1, -0.05) is 12.2 Å². The highest BCUT2D eigenvalue weighted by atomic mass is 16.5. The highest BCUT2D eigenvalue weighted by molar-refractivity contribution is 5.78. The number of methoxy groups -OCH3 is 1. The summed E-state index contributed by atoms with van der Waals surface area (Å²) in [7, 11) is 1.43. The van der Waals surface area contributed by atoms with E-state index in [1.165, 1.54) is 13.3 Å². The van der Waals surface area contributed by atoms with E-state index in [-0.39, 0.29) is 13.0 Å².